The van der Waals surface area contributed by atoms with Gasteiger partial charge in [0, 0.05) is 18.8 Å². The van der Waals surface area contributed by atoms with Crippen molar-refractivity contribution in [2.75, 3.05) is 38.5 Å². The van der Waals surface area contributed by atoms with Gasteiger partial charge in [-0.15, -0.1) is 0 Å². The number of benzene rings is 1. The van der Waals surface area contributed by atoms with Crippen LogP contribution in [0, 0.1) is 6.92 Å². The fraction of sp³-hybridized carbons (Fsp3) is 0.556. The van der Waals surface area contributed by atoms with Gasteiger partial charge in [-0.3, -0.25) is 14.5 Å². The number of amides is 1. The van der Waals surface area contributed by atoms with Gasteiger partial charge in [0.05, 0.1) is 18.0 Å². The first kappa shape index (κ1) is 21.3. The molecule has 0 spiro atoms. The van der Waals surface area contributed by atoms with Crippen LogP contribution in [0.1, 0.15) is 31.2 Å². The second kappa shape index (κ2) is 9.29. The summed E-state index contributed by atoms with van der Waals surface area (Å²) in [7, 11) is -2.09. The minimum atomic E-state index is -3.62. The minimum Gasteiger partial charge on any atom is -0.480 e. The Bertz CT molecular complexity index is 786. The van der Waals surface area contributed by atoms with Crippen molar-refractivity contribution < 1.29 is 23.1 Å². The van der Waals surface area contributed by atoms with Crippen LogP contribution in [-0.2, 0) is 19.6 Å². The maximum atomic E-state index is 13.0. The number of anilines is 1. The average molecular weight is 397 g/mol. The van der Waals surface area contributed by atoms with Gasteiger partial charge in [0.25, 0.3) is 0 Å². The quantitative estimate of drug-likeness (QED) is 0.722. The van der Waals surface area contributed by atoms with Gasteiger partial charge in [0.1, 0.15) is 0 Å². The molecule has 150 valence electrons. The molecule has 2 N–H and O–H groups in total. The normalized spacial score (nSPS) is 16.1. The lowest BCUT2D eigenvalue weighted by atomic mass is 10.2. The van der Waals surface area contributed by atoms with Crippen LogP contribution in [-0.4, -0.2) is 67.8 Å². The Morgan fingerprint density at radius 1 is 1.15 bits per heavy atom. The zero-order valence-electron chi connectivity index (χ0n) is 15.8. The van der Waals surface area contributed by atoms with E-state index < -0.39 is 21.9 Å². The highest BCUT2D eigenvalue weighted by molar-refractivity contribution is 7.89. The molecule has 2 rings (SSSR count). The second-order valence-corrected chi connectivity index (χ2v) is 8.82. The van der Waals surface area contributed by atoms with E-state index in [9.17, 15) is 18.0 Å². The number of hydrogen-bond donors (Lipinski definition) is 2. The molecule has 0 atom stereocenters. The van der Waals surface area contributed by atoms with Crippen LogP contribution >= 0.6 is 0 Å². The van der Waals surface area contributed by atoms with Crippen molar-refractivity contribution in [1.82, 2.24) is 9.21 Å². The SMILES string of the molecule is Cc1ccc(NC(=O)CN(C)CC(=O)O)cc1S(=O)(=O)N1CCCCCC1. The Hall–Kier alpha value is -1.97. The predicted octanol–water partition coefficient (Wildman–Crippen LogP) is 1.51. The van der Waals surface area contributed by atoms with Crippen molar-refractivity contribution in [3.63, 3.8) is 0 Å². The van der Waals surface area contributed by atoms with E-state index in [-0.39, 0.29) is 18.0 Å². The zero-order chi connectivity index (χ0) is 20.0. The number of carbonyl (C=O) groups is 2. The molecule has 0 saturated carbocycles. The smallest absolute Gasteiger partial charge is 0.317 e. The molecule has 0 aromatic heterocycles. The first-order valence-corrected chi connectivity index (χ1v) is 10.4. The molecular formula is C18H27N3O5S. The number of nitrogens with zero attached hydrogens (tertiary/aromatic N) is 2. The van der Waals surface area contributed by atoms with Crippen molar-refractivity contribution in [2.24, 2.45) is 0 Å². The third kappa shape index (κ3) is 6.02. The summed E-state index contributed by atoms with van der Waals surface area (Å²) in [6, 6.07) is 4.79. The van der Waals surface area contributed by atoms with Gasteiger partial charge in [-0.05, 0) is 44.5 Å². The maximum absolute atomic E-state index is 13.0. The standard InChI is InChI=1S/C18H27N3O5S/c1-14-7-8-15(19-17(22)12-20(2)13-18(23)24)11-16(14)27(25,26)21-9-5-3-4-6-10-21/h7-8,11H,3-6,9-10,12-13H2,1-2H3,(H,19,22)(H,23,24). The fourth-order valence-corrected chi connectivity index (χ4v) is 4.88. The molecule has 0 radical (unpaired) electrons. The number of aliphatic carboxylic acids is 1. The second-order valence-electron chi connectivity index (χ2n) is 6.91. The highest BCUT2D eigenvalue weighted by atomic mass is 32.2. The van der Waals surface area contributed by atoms with E-state index in [0.29, 0.717) is 24.3 Å². The fourth-order valence-electron chi connectivity index (χ4n) is 3.11. The molecule has 1 amide bonds. The van der Waals surface area contributed by atoms with Crippen molar-refractivity contribution in [1.29, 1.82) is 0 Å². The van der Waals surface area contributed by atoms with Crippen LogP contribution in [0.3, 0.4) is 0 Å². The molecule has 1 heterocycles. The minimum absolute atomic E-state index is 0.103. The monoisotopic (exact) mass is 397 g/mol. The number of carboxylic acids is 1. The Labute approximate surface area is 160 Å². The van der Waals surface area contributed by atoms with E-state index in [1.165, 1.54) is 22.3 Å². The molecule has 0 aliphatic carbocycles. The summed E-state index contributed by atoms with van der Waals surface area (Å²) >= 11 is 0. The van der Waals surface area contributed by atoms with E-state index in [2.05, 4.69) is 5.32 Å². The topological polar surface area (TPSA) is 107 Å². The lowest BCUT2D eigenvalue weighted by Crippen LogP contribution is -2.34. The molecule has 1 aromatic carbocycles. The Kier molecular flexibility index (Phi) is 7.34. The summed E-state index contributed by atoms with van der Waals surface area (Å²) in [6.07, 6.45) is 3.77. The molecule has 1 fully saturated rings. The molecular weight excluding hydrogens is 370 g/mol. The van der Waals surface area contributed by atoms with Crippen LogP contribution in [0.25, 0.3) is 0 Å². The van der Waals surface area contributed by atoms with Gasteiger partial charge in [-0.2, -0.15) is 4.31 Å². The Morgan fingerprint density at radius 3 is 2.37 bits per heavy atom. The Balaban J connectivity index is 2.15. The van der Waals surface area contributed by atoms with Crippen LogP contribution < -0.4 is 5.32 Å². The van der Waals surface area contributed by atoms with Gasteiger partial charge in [0.2, 0.25) is 15.9 Å². The van der Waals surface area contributed by atoms with Crippen molar-refractivity contribution in [3.05, 3.63) is 23.8 Å². The third-order valence-electron chi connectivity index (χ3n) is 4.47. The molecule has 1 saturated heterocycles. The lowest BCUT2D eigenvalue weighted by Gasteiger charge is -2.21. The predicted molar refractivity (Wildman–Crippen MR) is 102 cm³/mol. The lowest BCUT2D eigenvalue weighted by molar-refractivity contribution is -0.138. The summed E-state index contributed by atoms with van der Waals surface area (Å²) in [6.45, 7) is 2.40. The van der Waals surface area contributed by atoms with Crippen LogP contribution in [0.2, 0.25) is 0 Å². The molecule has 1 aliphatic heterocycles. The van der Waals surface area contributed by atoms with Crippen LogP contribution in [0.15, 0.2) is 23.1 Å². The summed E-state index contributed by atoms with van der Waals surface area (Å²) in [5, 5.41) is 11.4. The number of aryl methyl sites for hydroxylation is 1. The van der Waals surface area contributed by atoms with Gasteiger partial charge >= 0.3 is 5.97 Å². The van der Waals surface area contributed by atoms with E-state index in [1.807, 2.05) is 0 Å². The number of hydrogen-bond acceptors (Lipinski definition) is 5. The molecule has 9 heteroatoms. The third-order valence-corrected chi connectivity index (χ3v) is 6.51. The van der Waals surface area contributed by atoms with Crippen molar-refractivity contribution in [3.8, 4) is 0 Å². The number of likely N-dealkylation sites (N-methyl/N-ethyl adjacent to an activating group) is 1. The van der Waals surface area contributed by atoms with Crippen molar-refractivity contribution in [2.45, 2.75) is 37.5 Å². The molecule has 1 aromatic rings. The first-order chi connectivity index (χ1) is 12.7. The molecule has 8 nitrogen and oxygen atoms in total. The zero-order valence-corrected chi connectivity index (χ0v) is 16.6. The number of rotatable bonds is 7. The van der Waals surface area contributed by atoms with Gasteiger partial charge < -0.3 is 10.4 Å². The molecule has 27 heavy (non-hydrogen) atoms. The van der Waals surface area contributed by atoms with Crippen LogP contribution in [0.5, 0.6) is 0 Å². The summed E-state index contributed by atoms with van der Waals surface area (Å²) in [5.41, 5.74) is 1.00. The average Bonchev–Trinajstić information content (AvgIpc) is 2.85. The first-order valence-electron chi connectivity index (χ1n) is 9.01. The number of carbonyl (C=O) groups excluding carboxylic acids is 1. The largest absolute Gasteiger partial charge is 0.480 e. The van der Waals surface area contributed by atoms with E-state index in [4.69, 9.17) is 5.11 Å². The van der Waals surface area contributed by atoms with Crippen molar-refractivity contribution >= 4 is 27.6 Å². The van der Waals surface area contributed by atoms with E-state index in [0.717, 1.165) is 25.7 Å². The number of sulfonamides is 1. The van der Waals surface area contributed by atoms with Gasteiger partial charge in [-0.1, -0.05) is 18.9 Å². The Morgan fingerprint density at radius 2 is 1.78 bits per heavy atom. The van der Waals surface area contributed by atoms with Crippen LogP contribution in [0.4, 0.5) is 5.69 Å². The molecule has 0 bridgehead atoms. The summed E-state index contributed by atoms with van der Waals surface area (Å²) in [5.74, 6) is -1.42. The number of nitrogens with one attached hydrogen (secondary N) is 1. The van der Waals surface area contributed by atoms with E-state index >= 15 is 0 Å². The molecule has 1 aliphatic rings. The highest BCUT2D eigenvalue weighted by Crippen LogP contribution is 2.25. The molecule has 0 unspecified atom stereocenters. The summed E-state index contributed by atoms with van der Waals surface area (Å²) < 4.78 is 27.6. The number of carboxylic acid groups (broad SMARTS) is 1. The highest BCUT2D eigenvalue weighted by Gasteiger charge is 2.27. The van der Waals surface area contributed by atoms with Gasteiger partial charge in [-0.25, -0.2) is 8.42 Å². The maximum Gasteiger partial charge on any atom is 0.317 e. The van der Waals surface area contributed by atoms with E-state index in [1.54, 1.807) is 19.1 Å². The van der Waals surface area contributed by atoms with Gasteiger partial charge in [0.15, 0.2) is 0 Å². The summed E-state index contributed by atoms with van der Waals surface area (Å²) in [4.78, 5) is 24.3.